The summed E-state index contributed by atoms with van der Waals surface area (Å²) in [6, 6.07) is 8.54. The summed E-state index contributed by atoms with van der Waals surface area (Å²) in [5.74, 6) is 0.167. The normalized spacial score (nSPS) is 24.4. The second-order valence-electron chi connectivity index (χ2n) is 6.65. The maximum atomic E-state index is 12.7. The fourth-order valence-electron chi connectivity index (χ4n) is 3.53. The molecule has 0 bridgehead atoms. The van der Waals surface area contributed by atoms with Crippen molar-refractivity contribution in [2.45, 2.75) is 38.5 Å². The molecule has 1 amide bonds. The number of likely N-dealkylation sites (N-methyl/N-ethyl adjacent to an activating group) is 1. The molecule has 0 saturated carbocycles. The molecule has 0 aliphatic carbocycles. The molecule has 1 aromatic carbocycles. The van der Waals surface area contributed by atoms with Gasteiger partial charge in [0.15, 0.2) is 0 Å². The molecule has 0 radical (unpaired) electrons. The Morgan fingerprint density at radius 2 is 2.22 bits per heavy atom. The van der Waals surface area contributed by atoms with E-state index in [9.17, 15) is 4.79 Å². The van der Waals surface area contributed by atoms with E-state index in [1.54, 1.807) is 0 Å². The van der Waals surface area contributed by atoms with Gasteiger partial charge < -0.3 is 19.9 Å². The summed E-state index contributed by atoms with van der Waals surface area (Å²) in [6.07, 6.45) is 2.50. The highest BCUT2D eigenvalue weighted by molar-refractivity contribution is 5.79. The minimum atomic E-state index is 0.167. The van der Waals surface area contributed by atoms with Crippen molar-refractivity contribution >= 4 is 11.6 Å². The van der Waals surface area contributed by atoms with Crippen LogP contribution in [0.4, 0.5) is 5.69 Å². The van der Waals surface area contributed by atoms with Gasteiger partial charge in [-0.15, -0.1) is 0 Å². The number of anilines is 1. The van der Waals surface area contributed by atoms with Gasteiger partial charge in [-0.1, -0.05) is 18.2 Å². The minimum absolute atomic E-state index is 0.167. The molecule has 2 heterocycles. The first kappa shape index (κ1) is 16.3. The molecule has 5 nitrogen and oxygen atoms in total. The number of para-hydroxylation sites is 1. The number of benzene rings is 1. The van der Waals surface area contributed by atoms with Crippen molar-refractivity contribution in [3.8, 4) is 0 Å². The molecule has 5 heteroatoms. The van der Waals surface area contributed by atoms with Gasteiger partial charge in [0.05, 0.1) is 12.6 Å². The average Bonchev–Trinajstić information content (AvgIpc) is 3.01. The van der Waals surface area contributed by atoms with Gasteiger partial charge in [0.25, 0.3) is 0 Å². The van der Waals surface area contributed by atoms with Gasteiger partial charge in [-0.25, -0.2) is 0 Å². The summed E-state index contributed by atoms with van der Waals surface area (Å²) < 4.78 is 5.59. The smallest absolute Gasteiger partial charge is 0.237 e. The zero-order valence-electron chi connectivity index (χ0n) is 14.1. The Labute approximate surface area is 138 Å². The van der Waals surface area contributed by atoms with E-state index < -0.39 is 0 Å². The van der Waals surface area contributed by atoms with Gasteiger partial charge in [-0.3, -0.25) is 4.79 Å². The monoisotopic (exact) mass is 317 g/mol. The van der Waals surface area contributed by atoms with Gasteiger partial charge in [-0.05, 0) is 31.4 Å². The molecule has 2 aliphatic rings. The standard InChI is InChI=1S/C18H27N3O2/c1-14-12-20(2)17-8-4-3-6-15(17)13-21(14)18(22)11-19-10-16-7-5-9-23-16/h3-4,6,8,14,16,19H,5,7,9-13H2,1-2H3/t14-,16-/m0/s1. The van der Waals surface area contributed by atoms with E-state index in [2.05, 4.69) is 42.4 Å². The summed E-state index contributed by atoms with van der Waals surface area (Å²) in [6.45, 7) is 5.67. The van der Waals surface area contributed by atoms with Crippen molar-refractivity contribution in [1.29, 1.82) is 0 Å². The molecule has 23 heavy (non-hydrogen) atoms. The first-order valence-electron chi connectivity index (χ1n) is 8.56. The molecule has 2 atom stereocenters. The Balaban J connectivity index is 1.60. The van der Waals surface area contributed by atoms with Crippen LogP contribution in [0.1, 0.15) is 25.3 Å². The maximum absolute atomic E-state index is 12.7. The molecular formula is C18H27N3O2. The van der Waals surface area contributed by atoms with Crippen molar-refractivity contribution in [3.05, 3.63) is 29.8 Å². The number of carbonyl (C=O) groups excluding carboxylic acids is 1. The van der Waals surface area contributed by atoms with Crippen molar-refractivity contribution in [2.24, 2.45) is 0 Å². The number of nitrogens with zero attached hydrogens (tertiary/aromatic N) is 2. The van der Waals surface area contributed by atoms with Gasteiger partial charge >= 0.3 is 0 Å². The van der Waals surface area contributed by atoms with Crippen LogP contribution in [0.2, 0.25) is 0 Å². The second-order valence-corrected chi connectivity index (χ2v) is 6.65. The van der Waals surface area contributed by atoms with Crippen LogP contribution in [-0.2, 0) is 16.1 Å². The fraction of sp³-hybridized carbons (Fsp3) is 0.611. The number of amides is 1. The molecule has 3 rings (SSSR count). The van der Waals surface area contributed by atoms with Gasteiger partial charge in [-0.2, -0.15) is 0 Å². The second kappa shape index (κ2) is 7.32. The Morgan fingerprint density at radius 3 is 3.00 bits per heavy atom. The lowest BCUT2D eigenvalue weighted by molar-refractivity contribution is -0.132. The van der Waals surface area contributed by atoms with E-state index in [1.165, 1.54) is 11.3 Å². The summed E-state index contributed by atoms with van der Waals surface area (Å²) in [4.78, 5) is 16.9. The van der Waals surface area contributed by atoms with E-state index in [0.29, 0.717) is 13.1 Å². The number of ether oxygens (including phenoxy) is 1. The van der Waals surface area contributed by atoms with E-state index in [1.807, 2.05) is 11.0 Å². The lowest BCUT2D eigenvalue weighted by atomic mass is 10.1. The zero-order valence-corrected chi connectivity index (χ0v) is 14.1. The van der Waals surface area contributed by atoms with Crippen LogP contribution in [0.5, 0.6) is 0 Å². The predicted octanol–water partition coefficient (Wildman–Crippen LogP) is 1.62. The van der Waals surface area contributed by atoms with Crippen LogP contribution in [0, 0.1) is 0 Å². The Morgan fingerprint density at radius 1 is 1.39 bits per heavy atom. The number of rotatable bonds is 4. The van der Waals surface area contributed by atoms with Gasteiger partial charge in [0, 0.05) is 45.0 Å². The Hall–Kier alpha value is -1.59. The van der Waals surface area contributed by atoms with Crippen LogP contribution >= 0.6 is 0 Å². The highest BCUT2D eigenvalue weighted by Gasteiger charge is 2.26. The highest BCUT2D eigenvalue weighted by Crippen LogP contribution is 2.25. The van der Waals surface area contributed by atoms with Gasteiger partial charge in [0.1, 0.15) is 0 Å². The molecule has 0 unspecified atom stereocenters. The first-order chi connectivity index (χ1) is 11.1. The predicted molar refractivity (Wildman–Crippen MR) is 91.6 cm³/mol. The number of fused-ring (bicyclic) bond motifs is 1. The van der Waals surface area contributed by atoms with E-state index in [-0.39, 0.29) is 18.1 Å². The quantitative estimate of drug-likeness (QED) is 0.917. The number of nitrogens with one attached hydrogen (secondary N) is 1. The molecule has 1 aromatic rings. The Bertz CT molecular complexity index is 543. The summed E-state index contributed by atoms with van der Waals surface area (Å²) in [5.41, 5.74) is 2.44. The third-order valence-corrected chi connectivity index (χ3v) is 4.81. The lowest BCUT2D eigenvalue weighted by Crippen LogP contribution is -2.46. The molecule has 1 N–H and O–H groups in total. The van der Waals surface area contributed by atoms with Crippen molar-refractivity contribution in [1.82, 2.24) is 10.2 Å². The first-order valence-corrected chi connectivity index (χ1v) is 8.56. The summed E-state index contributed by atoms with van der Waals surface area (Å²) in [5, 5.41) is 3.27. The number of hydrogen-bond donors (Lipinski definition) is 1. The molecule has 0 aromatic heterocycles. The molecule has 1 saturated heterocycles. The van der Waals surface area contributed by atoms with Crippen LogP contribution in [0.15, 0.2) is 24.3 Å². The van der Waals surface area contributed by atoms with Crippen LogP contribution in [0.25, 0.3) is 0 Å². The largest absolute Gasteiger partial charge is 0.377 e. The van der Waals surface area contributed by atoms with Crippen LogP contribution < -0.4 is 10.2 Å². The molecule has 0 spiro atoms. The maximum Gasteiger partial charge on any atom is 0.237 e. The van der Waals surface area contributed by atoms with Gasteiger partial charge in [0.2, 0.25) is 5.91 Å². The summed E-state index contributed by atoms with van der Waals surface area (Å²) >= 11 is 0. The van der Waals surface area contributed by atoms with Crippen LogP contribution in [-0.4, -0.2) is 56.2 Å². The van der Waals surface area contributed by atoms with Crippen molar-refractivity contribution in [3.63, 3.8) is 0 Å². The summed E-state index contributed by atoms with van der Waals surface area (Å²) in [7, 11) is 2.10. The molecule has 2 aliphatic heterocycles. The minimum Gasteiger partial charge on any atom is -0.377 e. The van der Waals surface area contributed by atoms with E-state index in [4.69, 9.17) is 4.74 Å². The van der Waals surface area contributed by atoms with Crippen LogP contribution in [0.3, 0.4) is 0 Å². The van der Waals surface area contributed by atoms with Crippen molar-refractivity contribution < 1.29 is 9.53 Å². The van der Waals surface area contributed by atoms with E-state index in [0.717, 1.165) is 32.5 Å². The molecule has 1 fully saturated rings. The molecule has 126 valence electrons. The highest BCUT2D eigenvalue weighted by atomic mass is 16.5. The van der Waals surface area contributed by atoms with E-state index >= 15 is 0 Å². The van der Waals surface area contributed by atoms with Crippen molar-refractivity contribution in [2.75, 3.05) is 38.2 Å². The zero-order chi connectivity index (χ0) is 16.2. The third kappa shape index (κ3) is 3.85. The fourth-order valence-corrected chi connectivity index (χ4v) is 3.53. The average molecular weight is 317 g/mol. The molecular weight excluding hydrogens is 290 g/mol. The Kier molecular flexibility index (Phi) is 5.18. The SMILES string of the molecule is C[C@H]1CN(C)c2ccccc2CN1C(=O)CNC[C@@H]1CCCO1. The lowest BCUT2D eigenvalue weighted by Gasteiger charge is -2.29. The number of hydrogen-bond acceptors (Lipinski definition) is 4. The topological polar surface area (TPSA) is 44.8 Å². The number of carbonyl (C=O) groups is 1. The third-order valence-electron chi connectivity index (χ3n) is 4.81.